The Labute approximate surface area is 92.1 Å². The van der Waals surface area contributed by atoms with E-state index in [1.807, 2.05) is 6.07 Å². The Morgan fingerprint density at radius 2 is 1.93 bits per heavy atom. The molecule has 2 rings (SSSR count). The van der Waals surface area contributed by atoms with Gasteiger partial charge in [-0.05, 0) is 46.9 Å². The predicted octanol–water partition coefficient (Wildman–Crippen LogP) is 3.74. The van der Waals surface area contributed by atoms with Crippen molar-refractivity contribution in [2.75, 3.05) is 0 Å². The van der Waals surface area contributed by atoms with Gasteiger partial charge in [-0.15, -0.1) is 0 Å². The molecular formula is C14H20O. The van der Waals surface area contributed by atoms with Crippen molar-refractivity contribution in [1.82, 2.24) is 0 Å². The van der Waals surface area contributed by atoms with Gasteiger partial charge in [-0.1, -0.05) is 33.8 Å². The normalized spacial score (nSPS) is 18.2. The molecular weight excluding hydrogens is 184 g/mol. The van der Waals surface area contributed by atoms with Crippen LogP contribution in [0.2, 0.25) is 0 Å². The van der Waals surface area contributed by atoms with E-state index in [1.54, 1.807) is 0 Å². The number of fused-ring (bicyclic) bond motifs is 1. The molecule has 0 fully saturated rings. The number of hydrogen-bond acceptors (Lipinski definition) is 1. The Bertz CT molecular complexity index is 389. The van der Waals surface area contributed by atoms with Crippen LogP contribution in [0.3, 0.4) is 0 Å². The van der Waals surface area contributed by atoms with Crippen LogP contribution < -0.4 is 0 Å². The van der Waals surface area contributed by atoms with Crippen molar-refractivity contribution in [2.24, 2.45) is 0 Å². The Hall–Kier alpha value is -0.980. The van der Waals surface area contributed by atoms with Crippen molar-refractivity contribution in [3.05, 3.63) is 28.8 Å². The summed E-state index contributed by atoms with van der Waals surface area (Å²) in [4.78, 5) is 0. The van der Waals surface area contributed by atoms with Crippen molar-refractivity contribution in [3.63, 3.8) is 0 Å². The van der Waals surface area contributed by atoms with Gasteiger partial charge in [-0.25, -0.2) is 0 Å². The Morgan fingerprint density at radius 3 is 2.53 bits per heavy atom. The zero-order valence-electron chi connectivity index (χ0n) is 10.1. The average Bonchev–Trinajstić information content (AvgIpc) is 2.40. The summed E-state index contributed by atoms with van der Waals surface area (Å²) in [7, 11) is 0. The quantitative estimate of drug-likeness (QED) is 0.738. The summed E-state index contributed by atoms with van der Waals surface area (Å²) in [5.74, 6) is 0.869. The van der Waals surface area contributed by atoms with E-state index in [-0.39, 0.29) is 5.41 Å². The molecule has 0 aliphatic heterocycles. The minimum absolute atomic E-state index is 0.284. The van der Waals surface area contributed by atoms with Gasteiger partial charge >= 0.3 is 0 Å². The molecule has 0 radical (unpaired) electrons. The second kappa shape index (κ2) is 3.26. The number of benzene rings is 1. The van der Waals surface area contributed by atoms with Crippen LogP contribution in [-0.4, -0.2) is 5.11 Å². The fraction of sp³-hybridized carbons (Fsp3) is 0.571. The number of aromatic hydroxyl groups is 1. The second-order valence-corrected chi connectivity index (χ2v) is 5.61. The van der Waals surface area contributed by atoms with Crippen molar-refractivity contribution >= 4 is 0 Å². The van der Waals surface area contributed by atoms with Gasteiger partial charge in [0.05, 0.1) is 0 Å². The lowest BCUT2D eigenvalue weighted by molar-refractivity contribution is 0.463. The highest BCUT2D eigenvalue weighted by atomic mass is 16.3. The second-order valence-electron chi connectivity index (χ2n) is 5.61. The van der Waals surface area contributed by atoms with Crippen LogP contribution in [0.1, 0.15) is 56.7 Å². The van der Waals surface area contributed by atoms with Gasteiger partial charge in [0, 0.05) is 0 Å². The molecule has 82 valence electrons. The topological polar surface area (TPSA) is 20.2 Å². The third kappa shape index (κ3) is 1.64. The van der Waals surface area contributed by atoms with Crippen LogP contribution in [0, 0.1) is 0 Å². The van der Waals surface area contributed by atoms with Gasteiger partial charge in [0.1, 0.15) is 5.75 Å². The molecule has 0 aromatic heterocycles. The fourth-order valence-corrected chi connectivity index (χ4v) is 2.53. The van der Waals surface area contributed by atoms with Gasteiger partial charge in [-0.3, -0.25) is 0 Å². The SMILES string of the molecule is CC(C)c1cc2c(cc1O)CCC2(C)C. The van der Waals surface area contributed by atoms with Crippen LogP contribution in [0.4, 0.5) is 0 Å². The first kappa shape index (κ1) is 10.5. The third-order valence-corrected chi connectivity index (χ3v) is 3.62. The van der Waals surface area contributed by atoms with Gasteiger partial charge in [-0.2, -0.15) is 0 Å². The lowest BCUT2D eigenvalue weighted by atomic mass is 9.84. The van der Waals surface area contributed by atoms with Gasteiger partial charge in [0.2, 0.25) is 0 Å². The molecule has 0 heterocycles. The predicted molar refractivity (Wildman–Crippen MR) is 63.5 cm³/mol. The maximum atomic E-state index is 9.92. The highest BCUT2D eigenvalue weighted by molar-refractivity contribution is 5.48. The molecule has 15 heavy (non-hydrogen) atoms. The Balaban J connectivity index is 2.57. The lowest BCUT2D eigenvalue weighted by Gasteiger charge is -2.21. The van der Waals surface area contributed by atoms with Crippen LogP contribution in [0.15, 0.2) is 12.1 Å². The summed E-state index contributed by atoms with van der Waals surface area (Å²) in [6, 6.07) is 4.18. The van der Waals surface area contributed by atoms with E-state index in [2.05, 4.69) is 33.8 Å². The molecule has 1 heteroatoms. The third-order valence-electron chi connectivity index (χ3n) is 3.62. The average molecular weight is 204 g/mol. The van der Waals surface area contributed by atoms with E-state index in [4.69, 9.17) is 0 Å². The molecule has 0 atom stereocenters. The monoisotopic (exact) mass is 204 g/mol. The molecule has 0 saturated heterocycles. The van der Waals surface area contributed by atoms with E-state index in [0.717, 1.165) is 12.0 Å². The summed E-state index contributed by atoms with van der Waals surface area (Å²) in [6.07, 6.45) is 2.30. The largest absolute Gasteiger partial charge is 0.508 e. The molecule has 0 amide bonds. The summed E-state index contributed by atoms with van der Waals surface area (Å²) in [6.45, 7) is 8.84. The molecule has 1 aliphatic rings. The van der Waals surface area contributed by atoms with Crippen LogP contribution >= 0.6 is 0 Å². The fourth-order valence-electron chi connectivity index (χ4n) is 2.53. The summed E-state index contributed by atoms with van der Waals surface area (Å²) >= 11 is 0. The summed E-state index contributed by atoms with van der Waals surface area (Å²) in [5.41, 5.74) is 4.14. The molecule has 1 aromatic rings. The number of hydrogen-bond donors (Lipinski definition) is 1. The van der Waals surface area contributed by atoms with Crippen molar-refractivity contribution in [3.8, 4) is 5.75 Å². The zero-order chi connectivity index (χ0) is 11.2. The highest BCUT2D eigenvalue weighted by Gasteiger charge is 2.30. The Kier molecular flexibility index (Phi) is 2.29. The van der Waals surface area contributed by atoms with E-state index in [1.165, 1.54) is 17.5 Å². The van der Waals surface area contributed by atoms with Gasteiger partial charge in [0.25, 0.3) is 0 Å². The Morgan fingerprint density at radius 1 is 1.27 bits per heavy atom. The molecule has 1 N–H and O–H groups in total. The van der Waals surface area contributed by atoms with Crippen molar-refractivity contribution < 1.29 is 5.11 Å². The molecule has 1 aromatic carbocycles. The lowest BCUT2D eigenvalue weighted by Crippen LogP contribution is -2.12. The molecule has 0 bridgehead atoms. The van der Waals surface area contributed by atoms with Gasteiger partial charge < -0.3 is 5.11 Å². The maximum absolute atomic E-state index is 9.92. The molecule has 1 nitrogen and oxygen atoms in total. The van der Waals surface area contributed by atoms with Crippen molar-refractivity contribution in [2.45, 2.75) is 51.9 Å². The summed E-state index contributed by atoms with van der Waals surface area (Å²) in [5, 5.41) is 9.92. The van der Waals surface area contributed by atoms with Crippen LogP contribution in [-0.2, 0) is 11.8 Å². The number of phenolic OH excluding ortho intramolecular Hbond substituents is 1. The first-order valence-electron chi connectivity index (χ1n) is 5.78. The number of rotatable bonds is 1. The standard InChI is InChI=1S/C14H20O/c1-9(2)11-8-12-10(7-13(11)15)5-6-14(12,3)4/h7-9,15H,5-6H2,1-4H3. The number of aryl methyl sites for hydroxylation is 1. The number of phenols is 1. The minimum atomic E-state index is 0.284. The van der Waals surface area contributed by atoms with Crippen LogP contribution in [0.5, 0.6) is 5.75 Å². The first-order valence-corrected chi connectivity index (χ1v) is 5.78. The van der Waals surface area contributed by atoms with Crippen molar-refractivity contribution in [1.29, 1.82) is 0 Å². The minimum Gasteiger partial charge on any atom is -0.508 e. The highest BCUT2D eigenvalue weighted by Crippen LogP contribution is 2.42. The van der Waals surface area contributed by atoms with E-state index < -0.39 is 0 Å². The molecule has 0 unspecified atom stereocenters. The van der Waals surface area contributed by atoms with E-state index >= 15 is 0 Å². The van der Waals surface area contributed by atoms with E-state index in [9.17, 15) is 5.11 Å². The van der Waals surface area contributed by atoms with Crippen LogP contribution in [0.25, 0.3) is 0 Å². The maximum Gasteiger partial charge on any atom is 0.119 e. The van der Waals surface area contributed by atoms with E-state index in [0.29, 0.717) is 11.7 Å². The molecule has 0 saturated carbocycles. The first-order chi connectivity index (χ1) is 6.92. The summed E-state index contributed by atoms with van der Waals surface area (Å²) < 4.78 is 0. The molecule has 0 spiro atoms. The van der Waals surface area contributed by atoms with Gasteiger partial charge in [0.15, 0.2) is 0 Å². The molecule has 1 aliphatic carbocycles. The smallest absolute Gasteiger partial charge is 0.119 e. The zero-order valence-corrected chi connectivity index (χ0v) is 10.1.